The van der Waals surface area contributed by atoms with Gasteiger partial charge in [0.1, 0.15) is 6.23 Å². The number of aliphatic hydroxyl groups excluding tert-OH is 1. The van der Waals surface area contributed by atoms with Gasteiger partial charge < -0.3 is 25.5 Å². The molecule has 8 nitrogen and oxygen atoms in total. The van der Waals surface area contributed by atoms with E-state index in [0.29, 0.717) is 35.3 Å². The number of aliphatic hydroxyl groups is 1. The highest BCUT2D eigenvalue weighted by atomic mass is 35.5. The summed E-state index contributed by atoms with van der Waals surface area (Å²) in [5, 5.41) is 17.8. The molecule has 4 rings (SSSR count). The third-order valence-corrected chi connectivity index (χ3v) is 5.92. The molecule has 1 aliphatic heterocycles. The van der Waals surface area contributed by atoms with Crippen molar-refractivity contribution < 1.29 is 9.90 Å². The van der Waals surface area contributed by atoms with E-state index in [0.717, 1.165) is 23.9 Å². The van der Waals surface area contributed by atoms with Crippen LogP contribution in [0.4, 0.5) is 11.6 Å². The predicted octanol–water partition coefficient (Wildman–Crippen LogP) is 3.46. The maximum absolute atomic E-state index is 13.0. The van der Waals surface area contributed by atoms with Crippen LogP contribution in [0.15, 0.2) is 60.8 Å². The van der Waals surface area contributed by atoms with Crippen LogP contribution in [-0.2, 0) is 0 Å². The summed E-state index contributed by atoms with van der Waals surface area (Å²) < 4.78 is 0. The number of fused-ring (bicyclic) bond motifs is 1. The second kappa shape index (κ2) is 10.8. The van der Waals surface area contributed by atoms with Gasteiger partial charge in [0.2, 0.25) is 5.95 Å². The van der Waals surface area contributed by atoms with Crippen LogP contribution in [0.1, 0.15) is 16.8 Å². The molecule has 1 aromatic heterocycles. The zero-order valence-corrected chi connectivity index (χ0v) is 20.0. The standard InChI is InChI=1S/C25H29ClN6O2/c1-31(2)12-5-8-23(33)29-22-10-9-17(14-20(22)26)24(34)32-13-11-19(16-32)28-25-27-15-18-6-3-4-7-21(18)30-25/h3-10,14-15,19,23,29,33H,11-13,16H2,1-2H3,(H,27,28,30)/b8-5+/t19-,23?/m1/s1. The van der Waals surface area contributed by atoms with Crippen LogP contribution in [0, 0.1) is 0 Å². The molecule has 3 N–H and O–H groups in total. The van der Waals surface area contributed by atoms with Crippen molar-refractivity contribution in [3.63, 3.8) is 0 Å². The van der Waals surface area contributed by atoms with Crippen LogP contribution in [0.5, 0.6) is 0 Å². The van der Waals surface area contributed by atoms with E-state index < -0.39 is 6.23 Å². The largest absolute Gasteiger partial charge is 0.370 e. The molecule has 1 amide bonds. The van der Waals surface area contributed by atoms with Gasteiger partial charge in [-0.15, -0.1) is 0 Å². The summed E-state index contributed by atoms with van der Waals surface area (Å²) in [5.41, 5.74) is 1.96. The lowest BCUT2D eigenvalue weighted by Gasteiger charge is -2.18. The summed E-state index contributed by atoms with van der Waals surface area (Å²) in [4.78, 5) is 25.8. The van der Waals surface area contributed by atoms with E-state index in [1.54, 1.807) is 35.4 Å². The number of nitrogens with one attached hydrogen (secondary N) is 2. The van der Waals surface area contributed by atoms with Crippen LogP contribution in [0.25, 0.3) is 10.9 Å². The van der Waals surface area contributed by atoms with Gasteiger partial charge in [0, 0.05) is 42.8 Å². The number of carbonyl (C=O) groups excluding carboxylic acids is 1. The van der Waals surface area contributed by atoms with E-state index in [1.807, 2.05) is 49.3 Å². The first kappa shape index (κ1) is 23.9. The van der Waals surface area contributed by atoms with Crippen molar-refractivity contribution in [2.24, 2.45) is 0 Å². The molecular weight excluding hydrogens is 452 g/mol. The van der Waals surface area contributed by atoms with Crippen LogP contribution in [0.2, 0.25) is 5.02 Å². The fraction of sp³-hybridized carbons (Fsp3) is 0.320. The molecule has 1 saturated heterocycles. The van der Waals surface area contributed by atoms with Gasteiger partial charge in [0.15, 0.2) is 0 Å². The third-order valence-electron chi connectivity index (χ3n) is 5.61. The number of hydrogen-bond acceptors (Lipinski definition) is 7. The minimum absolute atomic E-state index is 0.0747. The Morgan fingerprint density at radius 2 is 2.15 bits per heavy atom. The van der Waals surface area contributed by atoms with Gasteiger partial charge in [0.25, 0.3) is 5.91 Å². The van der Waals surface area contributed by atoms with Crippen molar-refractivity contribution in [2.45, 2.75) is 18.7 Å². The summed E-state index contributed by atoms with van der Waals surface area (Å²) in [6.45, 7) is 1.91. The van der Waals surface area contributed by atoms with Crippen molar-refractivity contribution in [3.8, 4) is 0 Å². The van der Waals surface area contributed by atoms with E-state index in [9.17, 15) is 9.90 Å². The van der Waals surface area contributed by atoms with E-state index in [-0.39, 0.29) is 11.9 Å². The quantitative estimate of drug-likeness (QED) is 0.336. The van der Waals surface area contributed by atoms with Gasteiger partial charge in [-0.3, -0.25) is 4.79 Å². The average molecular weight is 481 g/mol. The first-order valence-electron chi connectivity index (χ1n) is 11.2. The second-order valence-corrected chi connectivity index (χ2v) is 9.01. The maximum Gasteiger partial charge on any atom is 0.253 e. The molecule has 2 heterocycles. The van der Waals surface area contributed by atoms with Crippen molar-refractivity contribution in [1.82, 2.24) is 19.8 Å². The predicted molar refractivity (Wildman–Crippen MR) is 136 cm³/mol. The van der Waals surface area contributed by atoms with E-state index in [4.69, 9.17) is 11.6 Å². The smallest absolute Gasteiger partial charge is 0.253 e. The Morgan fingerprint density at radius 3 is 2.94 bits per heavy atom. The first-order chi connectivity index (χ1) is 16.4. The maximum atomic E-state index is 13.0. The Kier molecular flexibility index (Phi) is 7.62. The van der Waals surface area contributed by atoms with Gasteiger partial charge in [0.05, 0.1) is 16.2 Å². The van der Waals surface area contributed by atoms with Gasteiger partial charge >= 0.3 is 0 Å². The van der Waals surface area contributed by atoms with Crippen LogP contribution < -0.4 is 10.6 Å². The lowest BCUT2D eigenvalue weighted by molar-refractivity contribution is 0.0791. The van der Waals surface area contributed by atoms with E-state index in [1.165, 1.54) is 0 Å². The van der Waals surface area contributed by atoms with E-state index >= 15 is 0 Å². The highest BCUT2D eigenvalue weighted by molar-refractivity contribution is 6.33. The summed E-state index contributed by atoms with van der Waals surface area (Å²) in [6.07, 6.45) is 5.26. The number of hydrogen-bond donors (Lipinski definition) is 3. The summed E-state index contributed by atoms with van der Waals surface area (Å²) >= 11 is 6.39. The zero-order valence-electron chi connectivity index (χ0n) is 19.3. The number of amides is 1. The molecule has 1 aliphatic rings. The van der Waals surface area contributed by atoms with Crippen molar-refractivity contribution >= 4 is 40.0 Å². The number of nitrogens with zero attached hydrogens (tertiary/aromatic N) is 4. The highest BCUT2D eigenvalue weighted by Gasteiger charge is 2.27. The first-order valence-corrected chi connectivity index (χ1v) is 11.6. The molecule has 1 unspecified atom stereocenters. The molecule has 0 saturated carbocycles. The van der Waals surface area contributed by atoms with Crippen molar-refractivity contribution in [3.05, 3.63) is 71.4 Å². The number of aromatic nitrogens is 2. The lowest BCUT2D eigenvalue weighted by atomic mass is 10.1. The lowest BCUT2D eigenvalue weighted by Crippen LogP contribution is -2.31. The van der Waals surface area contributed by atoms with Gasteiger partial charge in [-0.2, -0.15) is 0 Å². The number of likely N-dealkylation sites (N-methyl/N-ethyl adjacent to an activating group) is 1. The molecule has 34 heavy (non-hydrogen) atoms. The minimum Gasteiger partial charge on any atom is -0.370 e. The molecule has 0 aliphatic carbocycles. The summed E-state index contributed by atoms with van der Waals surface area (Å²) in [7, 11) is 3.90. The molecule has 2 aromatic carbocycles. The number of benzene rings is 2. The molecule has 1 fully saturated rings. The molecule has 2 atom stereocenters. The van der Waals surface area contributed by atoms with Crippen LogP contribution >= 0.6 is 11.6 Å². The second-order valence-electron chi connectivity index (χ2n) is 8.61. The Labute approximate surface area is 204 Å². The molecule has 0 bridgehead atoms. The Morgan fingerprint density at radius 1 is 1.32 bits per heavy atom. The average Bonchev–Trinajstić information content (AvgIpc) is 3.28. The normalized spacial score (nSPS) is 17.0. The fourth-order valence-corrected chi connectivity index (χ4v) is 4.08. The molecular formula is C25H29ClN6O2. The summed E-state index contributed by atoms with van der Waals surface area (Å²) in [6, 6.07) is 13.0. The summed E-state index contributed by atoms with van der Waals surface area (Å²) in [5.74, 6) is 0.485. The molecule has 0 radical (unpaired) electrons. The molecule has 0 spiro atoms. The molecule has 9 heteroatoms. The van der Waals surface area contributed by atoms with Crippen LogP contribution in [-0.4, -0.2) is 76.8 Å². The van der Waals surface area contributed by atoms with Gasteiger partial charge in [-0.25, -0.2) is 9.97 Å². The third kappa shape index (κ3) is 6.02. The Balaban J connectivity index is 1.34. The highest BCUT2D eigenvalue weighted by Crippen LogP contribution is 2.25. The number of likely N-dealkylation sites (tertiary alicyclic amines) is 1. The topological polar surface area (TPSA) is 93.6 Å². The zero-order chi connectivity index (χ0) is 24.1. The monoisotopic (exact) mass is 480 g/mol. The Hall–Kier alpha value is -3.20. The minimum atomic E-state index is -0.873. The van der Waals surface area contributed by atoms with Crippen molar-refractivity contribution in [2.75, 3.05) is 44.4 Å². The Bertz CT molecular complexity index is 1190. The van der Waals surface area contributed by atoms with Gasteiger partial charge in [-0.05, 0) is 50.9 Å². The molecule has 178 valence electrons. The number of halogens is 1. The van der Waals surface area contributed by atoms with Crippen LogP contribution in [0.3, 0.4) is 0 Å². The number of carbonyl (C=O) groups is 1. The van der Waals surface area contributed by atoms with Gasteiger partial charge in [-0.1, -0.05) is 35.9 Å². The molecule has 3 aromatic rings. The number of anilines is 2. The van der Waals surface area contributed by atoms with Crippen molar-refractivity contribution in [1.29, 1.82) is 0 Å². The number of rotatable bonds is 8. The SMILES string of the molecule is CN(C)C/C=C/C(O)Nc1ccc(C(=O)N2CC[C@@H](Nc3ncc4ccccc4n3)C2)cc1Cl. The fourth-order valence-electron chi connectivity index (χ4n) is 3.84. The van der Waals surface area contributed by atoms with E-state index in [2.05, 4.69) is 20.6 Å². The number of para-hydroxylation sites is 1.